The maximum atomic E-state index is 5.74. The van der Waals surface area contributed by atoms with Gasteiger partial charge in [-0.05, 0) is 50.6 Å². The highest BCUT2D eigenvalue weighted by Crippen LogP contribution is 2.26. The van der Waals surface area contributed by atoms with Crippen molar-refractivity contribution in [3.63, 3.8) is 0 Å². The summed E-state index contributed by atoms with van der Waals surface area (Å²) in [7, 11) is 0. The van der Waals surface area contributed by atoms with Crippen LogP contribution < -0.4 is 10.5 Å². The van der Waals surface area contributed by atoms with E-state index in [2.05, 4.69) is 4.90 Å². The van der Waals surface area contributed by atoms with Crippen LogP contribution in [0.4, 0.5) is 5.69 Å². The highest BCUT2D eigenvalue weighted by atomic mass is 16.6. The molecule has 0 amide bonds. The van der Waals surface area contributed by atoms with E-state index in [0.717, 1.165) is 29.6 Å². The van der Waals surface area contributed by atoms with Crippen LogP contribution in [0, 0.1) is 0 Å². The minimum atomic E-state index is 0.585. The number of fused-ring (bicyclic) bond motifs is 1. The maximum absolute atomic E-state index is 5.74. The summed E-state index contributed by atoms with van der Waals surface area (Å²) >= 11 is 0. The van der Waals surface area contributed by atoms with E-state index >= 15 is 0 Å². The van der Waals surface area contributed by atoms with Gasteiger partial charge in [-0.25, -0.2) is 0 Å². The number of nitrogens with two attached hydrogens (primary N) is 1. The summed E-state index contributed by atoms with van der Waals surface area (Å²) in [5, 5.41) is 0.995. The van der Waals surface area contributed by atoms with Gasteiger partial charge in [0.15, 0.2) is 0 Å². The molecule has 1 aromatic heterocycles. The summed E-state index contributed by atoms with van der Waals surface area (Å²) in [5.74, 6) is 0.585. The minimum Gasteiger partial charge on any atom is -0.465 e. The lowest BCUT2D eigenvalue weighted by molar-refractivity contribution is 0.224. The summed E-state index contributed by atoms with van der Waals surface area (Å²) in [5.41, 5.74) is 7.30. The lowest BCUT2D eigenvalue weighted by atomic mass is 10.2. The second-order valence-electron chi connectivity index (χ2n) is 5.11. The number of rotatable bonds is 5. The van der Waals surface area contributed by atoms with E-state index in [0.29, 0.717) is 12.6 Å². The molecule has 1 saturated heterocycles. The number of likely N-dealkylation sites (tertiary alicyclic amines) is 1. The van der Waals surface area contributed by atoms with Gasteiger partial charge >= 0.3 is 0 Å². The number of nitrogen functional groups attached to an aromatic ring is 1. The third-order valence-electron chi connectivity index (χ3n) is 3.58. The van der Waals surface area contributed by atoms with Crippen LogP contribution in [-0.4, -0.2) is 31.1 Å². The van der Waals surface area contributed by atoms with Gasteiger partial charge in [-0.15, -0.1) is 0 Å². The van der Waals surface area contributed by atoms with E-state index in [1.165, 1.54) is 25.9 Å². The first-order valence-corrected chi connectivity index (χ1v) is 6.95. The van der Waals surface area contributed by atoms with Gasteiger partial charge < -0.3 is 19.8 Å². The van der Waals surface area contributed by atoms with Crippen molar-refractivity contribution in [1.82, 2.24) is 4.90 Å². The molecule has 1 aliphatic rings. The Hall–Kier alpha value is -1.68. The van der Waals surface area contributed by atoms with Crippen LogP contribution in [0.15, 0.2) is 28.7 Å². The predicted molar refractivity (Wildman–Crippen MR) is 76.4 cm³/mol. The SMILES string of the molecule is Nc1ccc2oc(OCCCN3CCCC3)cc2c1. The summed E-state index contributed by atoms with van der Waals surface area (Å²) in [6, 6.07) is 7.52. The monoisotopic (exact) mass is 260 g/mol. The molecule has 102 valence electrons. The third-order valence-corrected chi connectivity index (χ3v) is 3.58. The fourth-order valence-corrected chi connectivity index (χ4v) is 2.58. The van der Waals surface area contributed by atoms with Crippen molar-refractivity contribution < 1.29 is 9.15 Å². The van der Waals surface area contributed by atoms with E-state index in [1.807, 2.05) is 24.3 Å². The number of benzene rings is 1. The van der Waals surface area contributed by atoms with Gasteiger partial charge in [0, 0.05) is 23.7 Å². The fraction of sp³-hybridized carbons (Fsp3) is 0.467. The Kier molecular flexibility index (Phi) is 3.60. The van der Waals surface area contributed by atoms with E-state index in [9.17, 15) is 0 Å². The normalized spacial score (nSPS) is 16.2. The van der Waals surface area contributed by atoms with Gasteiger partial charge in [-0.1, -0.05) is 0 Å². The van der Waals surface area contributed by atoms with Gasteiger partial charge in [0.2, 0.25) is 0 Å². The average Bonchev–Trinajstić information content (AvgIpc) is 3.02. The van der Waals surface area contributed by atoms with Crippen LogP contribution in [0.3, 0.4) is 0 Å². The Morgan fingerprint density at radius 3 is 2.89 bits per heavy atom. The van der Waals surface area contributed by atoms with E-state index in [1.54, 1.807) is 0 Å². The zero-order chi connectivity index (χ0) is 13.1. The number of nitrogens with zero attached hydrogens (tertiary/aromatic N) is 1. The smallest absolute Gasteiger partial charge is 0.285 e. The van der Waals surface area contributed by atoms with E-state index < -0.39 is 0 Å². The van der Waals surface area contributed by atoms with Crippen molar-refractivity contribution in [2.75, 3.05) is 32.0 Å². The highest BCUT2D eigenvalue weighted by molar-refractivity contribution is 5.82. The largest absolute Gasteiger partial charge is 0.465 e. The molecule has 3 rings (SSSR count). The molecule has 0 bridgehead atoms. The topological polar surface area (TPSA) is 51.6 Å². The summed E-state index contributed by atoms with van der Waals surface area (Å²) in [4.78, 5) is 2.49. The van der Waals surface area contributed by atoms with E-state index in [4.69, 9.17) is 14.9 Å². The fourth-order valence-electron chi connectivity index (χ4n) is 2.58. The molecule has 0 spiro atoms. The Balaban J connectivity index is 1.50. The molecule has 0 saturated carbocycles. The van der Waals surface area contributed by atoms with Crippen molar-refractivity contribution in [3.05, 3.63) is 24.3 Å². The summed E-state index contributed by atoms with van der Waals surface area (Å²) in [6.45, 7) is 4.30. The molecule has 19 heavy (non-hydrogen) atoms. The van der Waals surface area contributed by atoms with Crippen molar-refractivity contribution in [3.8, 4) is 5.95 Å². The second kappa shape index (κ2) is 5.53. The zero-order valence-corrected chi connectivity index (χ0v) is 11.1. The molecule has 2 heterocycles. The summed E-state index contributed by atoms with van der Waals surface area (Å²) < 4.78 is 11.3. The molecule has 2 aromatic rings. The van der Waals surface area contributed by atoms with Gasteiger partial charge in [-0.2, -0.15) is 0 Å². The Morgan fingerprint density at radius 1 is 1.21 bits per heavy atom. The number of anilines is 1. The molecule has 4 nitrogen and oxygen atoms in total. The average molecular weight is 260 g/mol. The highest BCUT2D eigenvalue weighted by Gasteiger charge is 2.10. The van der Waals surface area contributed by atoms with E-state index in [-0.39, 0.29) is 0 Å². The van der Waals surface area contributed by atoms with Gasteiger partial charge in [0.25, 0.3) is 5.95 Å². The first-order valence-electron chi connectivity index (χ1n) is 6.95. The van der Waals surface area contributed by atoms with Crippen molar-refractivity contribution in [1.29, 1.82) is 0 Å². The van der Waals surface area contributed by atoms with Gasteiger partial charge in [0.05, 0.1) is 6.61 Å². The third kappa shape index (κ3) is 3.01. The van der Waals surface area contributed by atoms with Crippen LogP contribution in [0.1, 0.15) is 19.3 Å². The van der Waals surface area contributed by atoms with Gasteiger partial charge in [0.1, 0.15) is 5.58 Å². The molecule has 0 atom stereocenters. The lowest BCUT2D eigenvalue weighted by Gasteiger charge is -2.13. The molecule has 0 unspecified atom stereocenters. The van der Waals surface area contributed by atoms with Crippen molar-refractivity contribution in [2.45, 2.75) is 19.3 Å². The van der Waals surface area contributed by atoms with Crippen LogP contribution >= 0.6 is 0 Å². The zero-order valence-electron chi connectivity index (χ0n) is 11.1. The number of hydrogen-bond acceptors (Lipinski definition) is 4. The summed E-state index contributed by atoms with van der Waals surface area (Å²) in [6.07, 6.45) is 3.72. The van der Waals surface area contributed by atoms with Crippen LogP contribution in [-0.2, 0) is 0 Å². The standard InChI is InChI=1S/C15H20N2O2/c16-13-4-5-14-12(10-13)11-15(19-14)18-9-3-8-17-6-1-2-7-17/h4-5,10-11H,1-3,6-9,16H2. The lowest BCUT2D eigenvalue weighted by Crippen LogP contribution is -2.21. The van der Waals surface area contributed by atoms with Crippen LogP contribution in [0.5, 0.6) is 5.95 Å². The first-order chi connectivity index (χ1) is 9.31. The van der Waals surface area contributed by atoms with Crippen molar-refractivity contribution >= 4 is 16.7 Å². The number of hydrogen-bond donors (Lipinski definition) is 1. The van der Waals surface area contributed by atoms with Gasteiger partial charge in [-0.3, -0.25) is 0 Å². The second-order valence-corrected chi connectivity index (χ2v) is 5.11. The molecular weight excluding hydrogens is 240 g/mol. The molecule has 1 fully saturated rings. The Morgan fingerprint density at radius 2 is 2.05 bits per heavy atom. The molecular formula is C15H20N2O2. The molecule has 4 heteroatoms. The molecule has 0 aliphatic carbocycles. The van der Waals surface area contributed by atoms with Crippen LogP contribution in [0.25, 0.3) is 11.0 Å². The molecule has 0 radical (unpaired) electrons. The first kappa shape index (κ1) is 12.4. The number of ether oxygens (including phenoxy) is 1. The van der Waals surface area contributed by atoms with Crippen LogP contribution in [0.2, 0.25) is 0 Å². The molecule has 1 aromatic carbocycles. The predicted octanol–water partition coefficient (Wildman–Crippen LogP) is 2.88. The maximum Gasteiger partial charge on any atom is 0.285 e. The number of furan rings is 1. The van der Waals surface area contributed by atoms with Crippen molar-refractivity contribution in [2.24, 2.45) is 0 Å². The minimum absolute atomic E-state index is 0.585. The Labute approximate surface area is 113 Å². The molecule has 1 aliphatic heterocycles. The molecule has 2 N–H and O–H groups in total. The Bertz CT molecular complexity index is 544. The quantitative estimate of drug-likeness (QED) is 0.663.